The Kier molecular flexibility index (Phi) is 5.06. The number of hydrogen-bond acceptors (Lipinski definition) is 6. The van der Waals surface area contributed by atoms with E-state index in [0.717, 1.165) is 30.6 Å². The van der Waals surface area contributed by atoms with Gasteiger partial charge in [-0.1, -0.05) is 48.5 Å². The van der Waals surface area contributed by atoms with Crippen molar-refractivity contribution in [3.8, 4) is 5.75 Å². The predicted molar refractivity (Wildman–Crippen MR) is 119 cm³/mol. The van der Waals surface area contributed by atoms with E-state index in [0.29, 0.717) is 18.7 Å². The molecule has 0 amide bonds. The number of benzene rings is 2. The molecule has 0 radical (unpaired) electrons. The van der Waals surface area contributed by atoms with Crippen LogP contribution in [0.25, 0.3) is 0 Å². The summed E-state index contributed by atoms with van der Waals surface area (Å²) in [6.45, 7) is 4.26. The smallest absolute Gasteiger partial charge is 0.211 e. The van der Waals surface area contributed by atoms with E-state index in [2.05, 4.69) is 39.7 Å². The number of H-pyrrole nitrogens is 1. The van der Waals surface area contributed by atoms with Gasteiger partial charge >= 0.3 is 0 Å². The van der Waals surface area contributed by atoms with Gasteiger partial charge in [0.1, 0.15) is 11.4 Å². The Bertz CT molecular complexity index is 1090. The number of aromatic amines is 1. The van der Waals surface area contributed by atoms with Crippen molar-refractivity contribution in [2.75, 3.05) is 0 Å². The lowest BCUT2D eigenvalue weighted by Gasteiger charge is -2.59. The van der Waals surface area contributed by atoms with Crippen LogP contribution in [0.2, 0.25) is 0 Å². The Balaban J connectivity index is 1.47. The quantitative estimate of drug-likeness (QED) is 0.568. The molecule has 7 heteroatoms. The molecule has 0 bridgehead atoms. The molecule has 0 saturated heterocycles. The van der Waals surface area contributed by atoms with Crippen molar-refractivity contribution in [1.82, 2.24) is 20.6 Å². The van der Waals surface area contributed by atoms with E-state index in [-0.39, 0.29) is 17.9 Å². The van der Waals surface area contributed by atoms with Crippen LogP contribution < -0.4 is 4.74 Å². The third-order valence-electron chi connectivity index (χ3n) is 7.89. The fourth-order valence-electron chi connectivity index (χ4n) is 6.19. The van der Waals surface area contributed by atoms with Crippen LogP contribution in [0.15, 0.2) is 48.5 Å². The number of aliphatic hydroxyl groups is 2. The number of tetrazole rings is 1. The van der Waals surface area contributed by atoms with Crippen LogP contribution in [-0.4, -0.2) is 36.4 Å². The van der Waals surface area contributed by atoms with Gasteiger partial charge in [0.15, 0.2) is 6.61 Å². The molecule has 3 N–H and O–H groups in total. The second kappa shape index (κ2) is 7.67. The summed E-state index contributed by atoms with van der Waals surface area (Å²) in [5.41, 5.74) is 0.648. The molecule has 0 spiro atoms. The first-order chi connectivity index (χ1) is 15.4. The first-order valence-corrected chi connectivity index (χ1v) is 11.4. The van der Waals surface area contributed by atoms with Gasteiger partial charge in [0.25, 0.3) is 0 Å². The van der Waals surface area contributed by atoms with Crippen molar-refractivity contribution in [3.05, 3.63) is 71.0 Å². The number of aryl methyl sites for hydroxylation is 1. The molecule has 3 unspecified atom stereocenters. The zero-order valence-electron chi connectivity index (χ0n) is 18.6. The van der Waals surface area contributed by atoms with Gasteiger partial charge in [0, 0.05) is 5.41 Å². The van der Waals surface area contributed by atoms with Gasteiger partial charge < -0.3 is 14.9 Å². The van der Waals surface area contributed by atoms with E-state index in [1.807, 2.05) is 36.4 Å². The number of fused-ring (bicyclic) bond motifs is 3. The highest BCUT2D eigenvalue weighted by atomic mass is 16.5. The summed E-state index contributed by atoms with van der Waals surface area (Å²) in [7, 11) is 0. The summed E-state index contributed by atoms with van der Waals surface area (Å²) in [5, 5.41) is 37.3. The van der Waals surface area contributed by atoms with Crippen molar-refractivity contribution in [2.24, 2.45) is 5.92 Å². The van der Waals surface area contributed by atoms with E-state index in [1.165, 1.54) is 11.1 Å². The highest BCUT2D eigenvalue weighted by Crippen LogP contribution is 2.60. The number of nitrogens with zero attached hydrogens (tertiary/aromatic N) is 3. The second-order valence-electron chi connectivity index (χ2n) is 9.56. The van der Waals surface area contributed by atoms with E-state index < -0.39 is 11.2 Å². The lowest BCUT2D eigenvalue weighted by Crippen LogP contribution is -2.62. The molecule has 2 aromatic carbocycles. The molecule has 1 fully saturated rings. The van der Waals surface area contributed by atoms with Crippen LogP contribution in [0.5, 0.6) is 5.75 Å². The molecule has 1 heterocycles. The van der Waals surface area contributed by atoms with Gasteiger partial charge in [-0.3, -0.25) is 0 Å². The largest absolute Gasteiger partial charge is 0.485 e. The van der Waals surface area contributed by atoms with Gasteiger partial charge in [0.05, 0.1) is 5.60 Å². The molecule has 168 valence electrons. The minimum Gasteiger partial charge on any atom is -0.485 e. The molecule has 4 atom stereocenters. The molecule has 1 aromatic heterocycles. The topological polar surface area (TPSA) is 104 Å². The third kappa shape index (κ3) is 3.22. The molecule has 2 aliphatic carbocycles. The molecule has 32 heavy (non-hydrogen) atoms. The minimum absolute atomic E-state index is 0.176. The van der Waals surface area contributed by atoms with Crippen LogP contribution >= 0.6 is 0 Å². The summed E-state index contributed by atoms with van der Waals surface area (Å²) in [6, 6.07) is 15.9. The Morgan fingerprint density at radius 2 is 1.97 bits per heavy atom. The molecule has 1 saturated carbocycles. The normalized spacial score (nSPS) is 31.6. The maximum absolute atomic E-state index is 11.8. The van der Waals surface area contributed by atoms with Crippen molar-refractivity contribution in [3.63, 3.8) is 0 Å². The second-order valence-corrected chi connectivity index (χ2v) is 9.56. The fraction of sp³-hybridized carbons (Fsp3) is 0.480. The summed E-state index contributed by atoms with van der Waals surface area (Å²) < 4.78 is 5.88. The number of aromatic nitrogens is 4. The molecule has 2 aliphatic rings. The maximum Gasteiger partial charge on any atom is 0.211 e. The number of rotatable bonds is 5. The van der Waals surface area contributed by atoms with Crippen LogP contribution in [0.4, 0.5) is 0 Å². The van der Waals surface area contributed by atoms with Crippen molar-refractivity contribution in [2.45, 2.75) is 69.2 Å². The zero-order chi connectivity index (χ0) is 22.4. The van der Waals surface area contributed by atoms with Crippen LogP contribution in [0, 0.1) is 5.92 Å². The minimum atomic E-state index is -1.26. The lowest BCUT2D eigenvalue weighted by atomic mass is 9.49. The highest BCUT2D eigenvalue weighted by Gasteiger charge is 2.60. The summed E-state index contributed by atoms with van der Waals surface area (Å²) in [5.74, 6) is 1.58. The van der Waals surface area contributed by atoms with E-state index in [4.69, 9.17) is 4.74 Å². The van der Waals surface area contributed by atoms with E-state index in [9.17, 15) is 10.2 Å². The van der Waals surface area contributed by atoms with Gasteiger partial charge in [-0.2, -0.15) is 5.21 Å². The Morgan fingerprint density at radius 1 is 1.16 bits per heavy atom. The van der Waals surface area contributed by atoms with E-state index >= 15 is 0 Å². The van der Waals surface area contributed by atoms with Crippen molar-refractivity contribution >= 4 is 0 Å². The van der Waals surface area contributed by atoms with Gasteiger partial charge in [-0.05, 0) is 73.8 Å². The molecule has 3 aromatic rings. The average Bonchev–Trinajstić information content (AvgIpc) is 3.32. The standard InChI is InChI=1S/C25H30N4O3/c1-3-24-16-23(2,30)25(31,18-7-5-4-6-8-18)14-19(24)10-9-17-13-20(11-12-21(17)24)32-15-22-26-28-29-27-22/h4-8,11-13,19,30-31H,3,9-10,14-16H2,1-2H3,(H,26,27,28,29)/t19-,23?,24?,25?/m1/s1. The molecular formula is C25H30N4O3. The average molecular weight is 435 g/mol. The predicted octanol–water partition coefficient (Wildman–Crippen LogP) is 3.42. The third-order valence-corrected chi connectivity index (χ3v) is 7.89. The first-order valence-electron chi connectivity index (χ1n) is 11.4. The molecule has 7 nitrogen and oxygen atoms in total. The Morgan fingerprint density at radius 3 is 2.69 bits per heavy atom. The van der Waals surface area contributed by atoms with Gasteiger partial charge in [-0.15, -0.1) is 10.2 Å². The van der Waals surface area contributed by atoms with Crippen LogP contribution in [0.3, 0.4) is 0 Å². The summed E-state index contributed by atoms with van der Waals surface area (Å²) in [6.07, 6.45) is 3.87. The molecule has 5 rings (SSSR count). The van der Waals surface area contributed by atoms with Gasteiger partial charge in [0.2, 0.25) is 5.82 Å². The monoisotopic (exact) mass is 434 g/mol. The van der Waals surface area contributed by atoms with Crippen LogP contribution in [-0.2, 0) is 24.0 Å². The number of nitrogens with one attached hydrogen (secondary N) is 1. The lowest BCUT2D eigenvalue weighted by molar-refractivity contribution is -0.205. The Labute approximate surface area is 187 Å². The van der Waals surface area contributed by atoms with Crippen molar-refractivity contribution < 1.29 is 14.9 Å². The fourth-order valence-corrected chi connectivity index (χ4v) is 6.19. The molecular weight excluding hydrogens is 404 g/mol. The summed E-state index contributed by atoms with van der Waals surface area (Å²) >= 11 is 0. The molecule has 0 aliphatic heterocycles. The van der Waals surface area contributed by atoms with Crippen molar-refractivity contribution in [1.29, 1.82) is 0 Å². The Hall–Kier alpha value is -2.77. The van der Waals surface area contributed by atoms with Crippen LogP contribution in [0.1, 0.15) is 62.0 Å². The number of ether oxygens (including phenoxy) is 1. The highest BCUT2D eigenvalue weighted by molar-refractivity contribution is 5.45. The van der Waals surface area contributed by atoms with E-state index in [1.54, 1.807) is 6.92 Å². The zero-order valence-corrected chi connectivity index (χ0v) is 18.6. The first kappa shape index (κ1) is 21.1. The van der Waals surface area contributed by atoms with Gasteiger partial charge in [-0.25, -0.2) is 0 Å². The maximum atomic E-state index is 11.8. The number of hydrogen-bond donors (Lipinski definition) is 3. The summed E-state index contributed by atoms with van der Waals surface area (Å²) in [4.78, 5) is 0. The SMILES string of the molecule is CCC12CC(C)(O)C(O)(c3ccccc3)C[C@H]1CCc1cc(OCc3nn[nH]n3)ccc12.